The Morgan fingerprint density at radius 1 is 1.18 bits per heavy atom. The van der Waals surface area contributed by atoms with Crippen LogP contribution in [0, 0.1) is 17.2 Å². The molecular weight excluding hydrogens is 356 g/mol. The summed E-state index contributed by atoms with van der Waals surface area (Å²) in [5, 5.41) is 13.9. The van der Waals surface area contributed by atoms with Crippen molar-refractivity contribution in [3.05, 3.63) is 59.9 Å². The van der Waals surface area contributed by atoms with Crippen molar-refractivity contribution in [2.75, 3.05) is 6.54 Å². The number of nitrogens with zero attached hydrogens (tertiary/aromatic N) is 2. The molecule has 0 saturated heterocycles. The van der Waals surface area contributed by atoms with Gasteiger partial charge in [-0.1, -0.05) is 20.3 Å². The maximum absolute atomic E-state index is 12.5. The van der Waals surface area contributed by atoms with Gasteiger partial charge in [0.15, 0.2) is 0 Å². The monoisotopic (exact) mass is 380 g/mol. The number of hydrogen-bond acceptors (Lipinski definition) is 5. The first-order chi connectivity index (χ1) is 13.5. The molecule has 2 rings (SSSR count). The van der Waals surface area contributed by atoms with E-state index < -0.39 is 6.04 Å². The van der Waals surface area contributed by atoms with Crippen LogP contribution in [-0.2, 0) is 11.4 Å². The third kappa shape index (κ3) is 6.09. The summed E-state index contributed by atoms with van der Waals surface area (Å²) in [6.45, 7) is 4.14. The van der Waals surface area contributed by atoms with E-state index in [1.54, 1.807) is 36.7 Å². The highest BCUT2D eigenvalue weighted by Crippen LogP contribution is 2.15. The van der Waals surface area contributed by atoms with Crippen molar-refractivity contribution >= 4 is 11.8 Å². The van der Waals surface area contributed by atoms with Crippen LogP contribution in [0.15, 0.2) is 48.8 Å². The van der Waals surface area contributed by atoms with Crippen molar-refractivity contribution in [1.82, 2.24) is 15.6 Å². The fraction of sp³-hybridized carbons (Fsp3) is 0.333. The Labute approximate surface area is 164 Å². The number of carbonyl (C=O) groups excluding carboxylic acids is 2. The fourth-order valence-corrected chi connectivity index (χ4v) is 2.51. The summed E-state index contributed by atoms with van der Waals surface area (Å²) < 4.78 is 5.69. The highest BCUT2D eigenvalue weighted by atomic mass is 16.5. The number of aromatic nitrogens is 1. The minimum absolute atomic E-state index is 0.0642. The van der Waals surface area contributed by atoms with Gasteiger partial charge in [-0.05, 0) is 47.9 Å². The molecular formula is C21H24N4O3. The first kappa shape index (κ1) is 20.9. The predicted octanol–water partition coefficient (Wildman–Crippen LogP) is 2.44. The smallest absolute Gasteiger partial charge is 0.251 e. The molecule has 146 valence electrons. The number of nitriles is 1. The predicted molar refractivity (Wildman–Crippen MR) is 104 cm³/mol. The molecule has 1 aromatic carbocycles. The number of nitrogens with one attached hydrogen (secondary N) is 2. The van der Waals surface area contributed by atoms with E-state index in [-0.39, 0.29) is 24.3 Å². The highest BCUT2D eigenvalue weighted by molar-refractivity contribution is 5.97. The Balaban J connectivity index is 1.98. The van der Waals surface area contributed by atoms with E-state index in [0.29, 0.717) is 24.3 Å². The summed E-state index contributed by atoms with van der Waals surface area (Å²) in [6, 6.07) is 11.6. The number of ether oxygens (including phenoxy) is 1. The fourth-order valence-electron chi connectivity index (χ4n) is 2.51. The van der Waals surface area contributed by atoms with Gasteiger partial charge in [0.1, 0.15) is 24.9 Å². The molecule has 7 heteroatoms. The van der Waals surface area contributed by atoms with Crippen LogP contribution in [0.1, 0.15) is 36.2 Å². The Morgan fingerprint density at radius 2 is 1.86 bits per heavy atom. The van der Waals surface area contributed by atoms with E-state index in [1.165, 1.54) is 0 Å². The van der Waals surface area contributed by atoms with Crippen molar-refractivity contribution in [3.63, 3.8) is 0 Å². The second-order valence-corrected chi connectivity index (χ2v) is 6.38. The Hall–Kier alpha value is -3.40. The standard InChI is InChI=1S/C21H24N4O3/c1-3-15(2)19(21(27)24-13-10-22)25-20(26)17-4-6-18(7-5-17)28-14-16-8-11-23-12-9-16/h4-9,11-12,15,19H,3,13-14H2,1-2H3,(H,24,27)(H,25,26). The van der Waals surface area contributed by atoms with Crippen LogP contribution in [0.4, 0.5) is 0 Å². The zero-order valence-electron chi connectivity index (χ0n) is 16.0. The van der Waals surface area contributed by atoms with Crippen LogP contribution in [0.5, 0.6) is 5.75 Å². The molecule has 0 spiro atoms. The van der Waals surface area contributed by atoms with Gasteiger partial charge in [0.25, 0.3) is 5.91 Å². The molecule has 0 aliphatic heterocycles. The van der Waals surface area contributed by atoms with Crippen LogP contribution in [0.2, 0.25) is 0 Å². The second kappa shape index (κ2) is 10.7. The van der Waals surface area contributed by atoms with Crippen LogP contribution in [0.3, 0.4) is 0 Å². The third-order valence-corrected chi connectivity index (χ3v) is 4.40. The summed E-state index contributed by atoms with van der Waals surface area (Å²) in [5.41, 5.74) is 1.43. The average molecular weight is 380 g/mol. The van der Waals surface area contributed by atoms with Gasteiger partial charge in [-0.3, -0.25) is 14.6 Å². The number of pyridine rings is 1. The van der Waals surface area contributed by atoms with E-state index >= 15 is 0 Å². The van der Waals surface area contributed by atoms with Crippen LogP contribution < -0.4 is 15.4 Å². The van der Waals surface area contributed by atoms with Gasteiger partial charge in [-0.25, -0.2) is 0 Å². The van der Waals surface area contributed by atoms with Gasteiger partial charge >= 0.3 is 0 Å². The molecule has 0 aliphatic rings. The summed E-state index contributed by atoms with van der Waals surface area (Å²) in [5.74, 6) is -0.135. The maximum Gasteiger partial charge on any atom is 0.251 e. The van der Waals surface area contributed by atoms with Crippen molar-refractivity contribution < 1.29 is 14.3 Å². The molecule has 2 aromatic rings. The Bertz CT molecular complexity index is 816. The lowest BCUT2D eigenvalue weighted by molar-refractivity contribution is -0.123. The van der Waals surface area contributed by atoms with E-state index in [0.717, 1.165) is 5.56 Å². The van der Waals surface area contributed by atoms with E-state index in [9.17, 15) is 9.59 Å². The normalized spacial score (nSPS) is 12.3. The van der Waals surface area contributed by atoms with E-state index in [1.807, 2.05) is 32.0 Å². The minimum Gasteiger partial charge on any atom is -0.489 e. The zero-order chi connectivity index (χ0) is 20.4. The Kier molecular flexibility index (Phi) is 7.97. The molecule has 2 amide bonds. The zero-order valence-corrected chi connectivity index (χ0v) is 16.0. The molecule has 2 atom stereocenters. The maximum atomic E-state index is 12.5. The molecule has 2 unspecified atom stereocenters. The SMILES string of the molecule is CCC(C)C(NC(=O)c1ccc(OCc2ccncc2)cc1)C(=O)NCC#N. The average Bonchev–Trinajstić information content (AvgIpc) is 2.74. The quantitative estimate of drug-likeness (QED) is 0.650. The summed E-state index contributed by atoms with van der Waals surface area (Å²) in [6.07, 6.45) is 4.12. The molecule has 1 heterocycles. The number of amides is 2. The first-order valence-electron chi connectivity index (χ1n) is 9.12. The summed E-state index contributed by atoms with van der Waals surface area (Å²) in [4.78, 5) is 28.7. The third-order valence-electron chi connectivity index (χ3n) is 4.40. The van der Waals surface area contributed by atoms with Gasteiger partial charge < -0.3 is 15.4 Å². The van der Waals surface area contributed by atoms with Crippen molar-refractivity contribution in [2.24, 2.45) is 5.92 Å². The van der Waals surface area contributed by atoms with Crippen molar-refractivity contribution in [3.8, 4) is 11.8 Å². The molecule has 0 saturated carbocycles. The second-order valence-electron chi connectivity index (χ2n) is 6.38. The number of benzene rings is 1. The van der Waals surface area contributed by atoms with E-state index in [4.69, 9.17) is 10.00 Å². The molecule has 2 N–H and O–H groups in total. The van der Waals surface area contributed by atoms with Gasteiger partial charge in [0.05, 0.1) is 6.07 Å². The number of rotatable bonds is 9. The number of hydrogen-bond donors (Lipinski definition) is 2. The van der Waals surface area contributed by atoms with Crippen molar-refractivity contribution in [1.29, 1.82) is 5.26 Å². The van der Waals surface area contributed by atoms with Crippen LogP contribution in [-0.4, -0.2) is 29.4 Å². The minimum atomic E-state index is -0.700. The number of carbonyl (C=O) groups is 2. The lowest BCUT2D eigenvalue weighted by Gasteiger charge is -2.23. The highest BCUT2D eigenvalue weighted by Gasteiger charge is 2.26. The largest absolute Gasteiger partial charge is 0.489 e. The van der Waals surface area contributed by atoms with Gasteiger partial charge in [0.2, 0.25) is 5.91 Å². The van der Waals surface area contributed by atoms with Crippen molar-refractivity contribution in [2.45, 2.75) is 32.9 Å². The lowest BCUT2D eigenvalue weighted by Crippen LogP contribution is -2.50. The lowest BCUT2D eigenvalue weighted by atomic mass is 9.98. The molecule has 0 radical (unpaired) electrons. The van der Waals surface area contributed by atoms with Crippen LogP contribution >= 0.6 is 0 Å². The first-order valence-corrected chi connectivity index (χ1v) is 9.12. The van der Waals surface area contributed by atoms with Gasteiger partial charge in [0, 0.05) is 18.0 Å². The molecule has 28 heavy (non-hydrogen) atoms. The summed E-state index contributed by atoms with van der Waals surface area (Å²) >= 11 is 0. The molecule has 0 fully saturated rings. The van der Waals surface area contributed by atoms with Gasteiger partial charge in [-0.15, -0.1) is 0 Å². The van der Waals surface area contributed by atoms with Crippen LogP contribution in [0.25, 0.3) is 0 Å². The molecule has 1 aromatic heterocycles. The molecule has 0 aliphatic carbocycles. The molecule has 0 bridgehead atoms. The molecule has 7 nitrogen and oxygen atoms in total. The summed E-state index contributed by atoms with van der Waals surface area (Å²) in [7, 11) is 0. The Morgan fingerprint density at radius 3 is 2.46 bits per heavy atom. The topological polar surface area (TPSA) is 104 Å². The van der Waals surface area contributed by atoms with E-state index in [2.05, 4.69) is 15.6 Å². The van der Waals surface area contributed by atoms with Gasteiger partial charge in [-0.2, -0.15) is 5.26 Å².